The summed E-state index contributed by atoms with van der Waals surface area (Å²) in [7, 11) is 0. The Morgan fingerprint density at radius 2 is 2.00 bits per heavy atom. The van der Waals surface area contributed by atoms with Crippen molar-refractivity contribution in [3.05, 3.63) is 47.8 Å². The molecule has 1 amide bonds. The van der Waals surface area contributed by atoms with Gasteiger partial charge in [-0.05, 0) is 48.8 Å². The van der Waals surface area contributed by atoms with Crippen LogP contribution in [0, 0.1) is 0 Å². The standard InChI is InChI=1S/C22H30N4O/c1-5-16-10-8-9-15-26(16)21-23-14-13-19(25-21)20(27)24-18-12-7-6-11-17(18)22(2,3)4/h6-7,11-14,16H,5,8-10,15H2,1-4H3,(H,24,27). The fourth-order valence-corrected chi connectivity index (χ4v) is 3.73. The fraction of sp³-hybridized carbons (Fsp3) is 0.500. The molecule has 1 aliphatic heterocycles. The molecule has 2 aromatic rings. The highest BCUT2D eigenvalue weighted by Crippen LogP contribution is 2.29. The minimum absolute atomic E-state index is 0.0527. The molecule has 3 rings (SSSR count). The van der Waals surface area contributed by atoms with E-state index in [1.54, 1.807) is 12.3 Å². The molecule has 5 nitrogen and oxygen atoms in total. The number of amides is 1. The summed E-state index contributed by atoms with van der Waals surface area (Å²) >= 11 is 0. The molecule has 1 atom stereocenters. The SMILES string of the molecule is CCC1CCCCN1c1nccc(C(=O)Nc2ccccc2C(C)(C)C)n1. The summed E-state index contributed by atoms with van der Waals surface area (Å²) in [5.74, 6) is 0.471. The monoisotopic (exact) mass is 366 g/mol. The lowest BCUT2D eigenvalue weighted by Gasteiger charge is -2.35. The number of aromatic nitrogens is 2. The predicted octanol–water partition coefficient (Wildman–Crippen LogP) is 4.80. The highest BCUT2D eigenvalue weighted by molar-refractivity contribution is 6.03. The van der Waals surface area contributed by atoms with E-state index in [1.807, 2.05) is 18.2 Å². The molecule has 0 spiro atoms. The van der Waals surface area contributed by atoms with E-state index >= 15 is 0 Å². The second kappa shape index (κ2) is 8.07. The van der Waals surface area contributed by atoms with Crippen LogP contribution in [0.1, 0.15) is 69.4 Å². The first kappa shape index (κ1) is 19.3. The first-order chi connectivity index (χ1) is 12.9. The van der Waals surface area contributed by atoms with Crippen molar-refractivity contribution < 1.29 is 4.79 Å². The lowest BCUT2D eigenvalue weighted by Crippen LogP contribution is -2.40. The highest BCUT2D eigenvalue weighted by atomic mass is 16.1. The van der Waals surface area contributed by atoms with Gasteiger partial charge in [-0.15, -0.1) is 0 Å². The van der Waals surface area contributed by atoms with Crippen molar-refractivity contribution in [2.75, 3.05) is 16.8 Å². The molecule has 1 aliphatic rings. The first-order valence-corrected chi connectivity index (χ1v) is 9.90. The Morgan fingerprint density at radius 1 is 1.22 bits per heavy atom. The van der Waals surface area contributed by atoms with Gasteiger partial charge >= 0.3 is 0 Å². The van der Waals surface area contributed by atoms with Crippen molar-refractivity contribution in [1.82, 2.24) is 9.97 Å². The molecule has 1 saturated heterocycles. The van der Waals surface area contributed by atoms with Gasteiger partial charge in [-0.2, -0.15) is 0 Å². The van der Waals surface area contributed by atoms with Crippen LogP contribution < -0.4 is 10.2 Å². The zero-order valence-electron chi connectivity index (χ0n) is 16.8. The summed E-state index contributed by atoms with van der Waals surface area (Å²) in [6.07, 6.45) is 6.32. The average molecular weight is 367 g/mol. The maximum Gasteiger partial charge on any atom is 0.274 e. The molecule has 1 aromatic carbocycles. The maximum absolute atomic E-state index is 12.9. The third kappa shape index (κ3) is 4.46. The first-order valence-electron chi connectivity index (χ1n) is 9.90. The Balaban J connectivity index is 1.83. The topological polar surface area (TPSA) is 58.1 Å². The molecule has 1 N–H and O–H groups in total. The number of benzene rings is 1. The van der Waals surface area contributed by atoms with E-state index in [2.05, 4.69) is 53.9 Å². The maximum atomic E-state index is 12.9. The summed E-state index contributed by atoms with van der Waals surface area (Å²) in [5.41, 5.74) is 2.29. The number of hydrogen-bond donors (Lipinski definition) is 1. The Morgan fingerprint density at radius 3 is 2.74 bits per heavy atom. The van der Waals surface area contributed by atoms with E-state index in [0.717, 1.165) is 37.1 Å². The molecular formula is C22H30N4O. The summed E-state index contributed by atoms with van der Waals surface area (Å²) in [4.78, 5) is 24.1. The van der Waals surface area contributed by atoms with Crippen molar-refractivity contribution in [2.45, 2.75) is 64.8 Å². The van der Waals surface area contributed by atoms with Crippen LogP contribution in [0.25, 0.3) is 0 Å². The second-order valence-corrected chi connectivity index (χ2v) is 8.24. The Kier molecular flexibility index (Phi) is 5.78. The van der Waals surface area contributed by atoms with Gasteiger partial charge in [0, 0.05) is 24.5 Å². The minimum Gasteiger partial charge on any atom is -0.338 e. The van der Waals surface area contributed by atoms with Gasteiger partial charge in [-0.25, -0.2) is 9.97 Å². The van der Waals surface area contributed by atoms with Gasteiger partial charge in [-0.3, -0.25) is 4.79 Å². The molecule has 1 unspecified atom stereocenters. The Labute approximate surface area is 162 Å². The van der Waals surface area contributed by atoms with Crippen molar-refractivity contribution in [2.24, 2.45) is 0 Å². The van der Waals surface area contributed by atoms with E-state index in [-0.39, 0.29) is 11.3 Å². The molecule has 0 aliphatic carbocycles. The molecule has 1 fully saturated rings. The molecular weight excluding hydrogens is 336 g/mol. The van der Waals surface area contributed by atoms with Gasteiger partial charge in [0.15, 0.2) is 0 Å². The Hall–Kier alpha value is -2.43. The number of carbonyl (C=O) groups excluding carboxylic acids is 1. The number of carbonyl (C=O) groups is 1. The average Bonchev–Trinajstić information content (AvgIpc) is 2.67. The van der Waals surface area contributed by atoms with Crippen LogP contribution in [-0.2, 0) is 5.41 Å². The largest absolute Gasteiger partial charge is 0.338 e. The lowest BCUT2D eigenvalue weighted by atomic mass is 9.86. The number of nitrogens with zero attached hydrogens (tertiary/aromatic N) is 3. The highest BCUT2D eigenvalue weighted by Gasteiger charge is 2.24. The summed E-state index contributed by atoms with van der Waals surface area (Å²) in [6.45, 7) is 9.57. The summed E-state index contributed by atoms with van der Waals surface area (Å²) in [5, 5.41) is 3.04. The lowest BCUT2D eigenvalue weighted by molar-refractivity contribution is 0.102. The zero-order chi connectivity index (χ0) is 19.4. The third-order valence-corrected chi connectivity index (χ3v) is 5.21. The zero-order valence-corrected chi connectivity index (χ0v) is 16.8. The fourth-order valence-electron chi connectivity index (χ4n) is 3.73. The van der Waals surface area contributed by atoms with Crippen molar-refractivity contribution in [3.63, 3.8) is 0 Å². The van der Waals surface area contributed by atoms with Crippen molar-refractivity contribution >= 4 is 17.5 Å². The molecule has 27 heavy (non-hydrogen) atoms. The van der Waals surface area contributed by atoms with Crippen molar-refractivity contribution in [3.8, 4) is 0 Å². The molecule has 1 aromatic heterocycles. The van der Waals surface area contributed by atoms with Gasteiger partial charge in [0.25, 0.3) is 5.91 Å². The number of hydrogen-bond acceptors (Lipinski definition) is 4. The molecule has 0 saturated carbocycles. The van der Waals surface area contributed by atoms with Gasteiger partial charge in [-0.1, -0.05) is 45.9 Å². The van der Waals surface area contributed by atoms with E-state index in [9.17, 15) is 4.79 Å². The molecule has 5 heteroatoms. The smallest absolute Gasteiger partial charge is 0.274 e. The number of piperidine rings is 1. The number of anilines is 2. The van der Waals surface area contributed by atoms with Crippen LogP contribution in [0.2, 0.25) is 0 Å². The van der Waals surface area contributed by atoms with Crippen molar-refractivity contribution in [1.29, 1.82) is 0 Å². The summed E-state index contributed by atoms with van der Waals surface area (Å²) in [6, 6.07) is 10.1. The molecule has 0 bridgehead atoms. The van der Waals surface area contributed by atoms with Gasteiger partial charge in [0.2, 0.25) is 5.95 Å². The third-order valence-electron chi connectivity index (χ3n) is 5.21. The second-order valence-electron chi connectivity index (χ2n) is 8.24. The van der Waals surface area contributed by atoms with Crippen LogP contribution in [0.5, 0.6) is 0 Å². The van der Waals surface area contributed by atoms with E-state index in [4.69, 9.17) is 0 Å². The summed E-state index contributed by atoms with van der Waals surface area (Å²) < 4.78 is 0. The molecule has 2 heterocycles. The van der Waals surface area contributed by atoms with Gasteiger partial charge < -0.3 is 10.2 Å². The van der Waals surface area contributed by atoms with E-state index in [0.29, 0.717) is 17.7 Å². The Bertz CT molecular complexity index is 797. The number of rotatable bonds is 4. The van der Waals surface area contributed by atoms with Crippen LogP contribution in [0.4, 0.5) is 11.6 Å². The normalized spacial score (nSPS) is 17.6. The molecule has 0 radical (unpaired) electrons. The quantitative estimate of drug-likeness (QED) is 0.845. The van der Waals surface area contributed by atoms with Crippen LogP contribution in [-0.4, -0.2) is 28.5 Å². The van der Waals surface area contributed by atoms with Crippen LogP contribution in [0.3, 0.4) is 0 Å². The van der Waals surface area contributed by atoms with Crippen LogP contribution in [0.15, 0.2) is 36.5 Å². The van der Waals surface area contributed by atoms with Gasteiger partial charge in [0.05, 0.1) is 0 Å². The van der Waals surface area contributed by atoms with Gasteiger partial charge in [0.1, 0.15) is 5.69 Å². The van der Waals surface area contributed by atoms with E-state index in [1.165, 1.54) is 6.42 Å². The number of nitrogens with one attached hydrogen (secondary N) is 1. The minimum atomic E-state index is -0.194. The van der Waals surface area contributed by atoms with E-state index < -0.39 is 0 Å². The number of para-hydroxylation sites is 1. The van der Waals surface area contributed by atoms with Crippen LogP contribution >= 0.6 is 0 Å². The molecule has 144 valence electrons. The predicted molar refractivity (Wildman–Crippen MR) is 110 cm³/mol.